The molecule has 1 saturated heterocycles. The Labute approximate surface area is 185 Å². The summed E-state index contributed by atoms with van der Waals surface area (Å²) in [5, 5.41) is 2.02. The van der Waals surface area contributed by atoms with Gasteiger partial charge in [0.05, 0.1) is 23.1 Å². The molecule has 180 valence electrons. The fourth-order valence-corrected chi connectivity index (χ4v) is 5.08. The molecule has 1 aliphatic rings. The van der Waals surface area contributed by atoms with Crippen LogP contribution in [0.5, 0.6) is 5.75 Å². The third kappa shape index (κ3) is 5.41. The topological polar surface area (TPSA) is 75.7 Å². The lowest BCUT2D eigenvalue weighted by atomic mass is 10.1. The zero-order valence-electron chi connectivity index (χ0n) is 17.0. The van der Waals surface area contributed by atoms with Gasteiger partial charge in [-0.2, -0.15) is 30.6 Å². The molecule has 1 amide bonds. The van der Waals surface area contributed by atoms with Gasteiger partial charge >= 0.3 is 12.4 Å². The highest BCUT2D eigenvalue weighted by atomic mass is 32.2. The molecule has 1 atom stereocenters. The van der Waals surface area contributed by atoms with E-state index in [4.69, 9.17) is 4.74 Å². The van der Waals surface area contributed by atoms with Crippen LogP contribution in [0.2, 0.25) is 0 Å². The van der Waals surface area contributed by atoms with Crippen molar-refractivity contribution < 1.29 is 44.3 Å². The number of rotatable bonds is 5. The minimum Gasteiger partial charge on any atom is -0.497 e. The normalized spacial score (nSPS) is 17.7. The summed E-state index contributed by atoms with van der Waals surface area (Å²) < 4.78 is 110. The number of halogens is 6. The van der Waals surface area contributed by atoms with Gasteiger partial charge in [0.2, 0.25) is 15.9 Å². The van der Waals surface area contributed by atoms with Gasteiger partial charge in [0.1, 0.15) is 11.8 Å². The molecular formula is C20H18F6N2O4S. The second-order valence-electron chi connectivity index (χ2n) is 7.23. The first-order chi connectivity index (χ1) is 15.2. The summed E-state index contributed by atoms with van der Waals surface area (Å²) in [5.74, 6) is -0.633. The molecular weight excluding hydrogens is 478 g/mol. The van der Waals surface area contributed by atoms with Gasteiger partial charge in [-0.3, -0.25) is 4.79 Å². The Morgan fingerprint density at radius 2 is 1.55 bits per heavy atom. The van der Waals surface area contributed by atoms with E-state index in [0.717, 1.165) is 4.31 Å². The number of benzene rings is 2. The number of alkyl halides is 6. The Hall–Kier alpha value is -2.80. The summed E-state index contributed by atoms with van der Waals surface area (Å²) >= 11 is 0. The highest BCUT2D eigenvalue weighted by Crippen LogP contribution is 2.38. The van der Waals surface area contributed by atoms with Crippen molar-refractivity contribution in [3.05, 3.63) is 53.6 Å². The Bertz CT molecular complexity index is 1100. The summed E-state index contributed by atoms with van der Waals surface area (Å²) in [4.78, 5) is 12.6. The van der Waals surface area contributed by atoms with Gasteiger partial charge in [0.25, 0.3) is 0 Å². The van der Waals surface area contributed by atoms with Crippen molar-refractivity contribution in [3.63, 3.8) is 0 Å². The molecule has 0 saturated carbocycles. The number of carbonyl (C=O) groups excluding carboxylic acids is 1. The van der Waals surface area contributed by atoms with Crippen LogP contribution in [-0.4, -0.2) is 38.3 Å². The van der Waals surface area contributed by atoms with E-state index in [0.29, 0.717) is 17.9 Å². The van der Waals surface area contributed by atoms with Gasteiger partial charge in [-0.25, -0.2) is 8.42 Å². The molecule has 13 heteroatoms. The molecule has 2 aromatic carbocycles. The van der Waals surface area contributed by atoms with Gasteiger partial charge in [-0.1, -0.05) is 0 Å². The Balaban J connectivity index is 1.89. The molecule has 0 unspecified atom stereocenters. The fourth-order valence-electron chi connectivity index (χ4n) is 3.43. The molecule has 0 spiro atoms. The Morgan fingerprint density at radius 3 is 2.03 bits per heavy atom. The number of ether oxygens (including phenoxy) is 1. The lowest BCUT2D eigenvalue weighted by Gasteiger charge is -2.24. The van der Waals surface area contributed by atoms with Crippen molar-refractivity contribution in [1.82, 2.24) is 4.31 Å². The third-order valence-electron chi connectivity index (χ3n) is 5.03. The molecule has 2 aromatic rings. The largest absolute Gasteiger partial charge is 0.497 e. The highest BCUT2D eigenvalue weighted by molar-refractivity contribution is 7.89. The van der Waals surface area contributed by atoms with Crippen LogP contribution in [0.4, 0.5) is 32.0 Å². The molecule has 0 radical (unpaired) electrons. The van der Waals surface area contributed by atoms with E-state index in [1.54, 1.807) is 0 Å². The van der Waals surface area contributed by atoms with Crippen molar-refractivity contribution in [2.75, 3.05) is 19.0 Å². The zero-order chi connectivity index (χ0) is 24.6. The molecule has 3 rings (SSSR count). The molecule has 0 bridgehead atoms. The van der Waals surface area contributed by atoms with Crippen molar-refractivity contribution in [2.24, 2.45) is 0 Å². The fraction of sp³-hybridized carbons (Fsp3) is 0.350. The summed E-state index contributed by atoms with van der Waals surface area (Å²) in [6.07, 6.45) is -9.84. The SMILES string of the molecule is COc1ccc(S(=O)(=O)N2CCC[C@H]2C(=O)Nc2cc(C(F)(F)F)cc(C(F)(F)F)c2)cc1. The van der Waals surface area contributed by atoms with Crippen LogP contribution in [0.15, 0.2) is 47.4 Å². The smallest absolute Gasteiger partial charge is 0.416 e. The first kappa shape index (κ1) is 24.8. The van der Waals surface area contributed by atoms with Gasteiger partial charge < -0.3 is 10.1 Å². The van der Waals surface area contributed by atoms with Crippen LogP contribution in [-0.2, 0) is 27.2 Å². The molecule has 1 aliphatic heterocycles. The number of hydrogen-bond donors (Lipinski definition) is 1. The number of hydrogen-bond acceptors (Lipinski definition) is 4. The van der Waals surface area contributed by atoms with Gasteiger partial charge in [-0.05, 0) is 55.3 Å². The minimum atomic E-state index is -5.09. The van der Waals surface area contributed by atoms with Crippen LogP contribution < -0.4 is 10.1 Å². The predicted molar refractivity (Wildman–Crippen MR) is 105 cm³/mol. The maximum atomic E-state index is 13.1. The number of amides is 1. The Kier molecular flexibility index (Phi) is 6.67. The third-order valence-corrected chi connectivity index (χ3v) is 6.95. The van der Waals surface area contributed by atoms with E-state index in [-0.39, 0.29) is 30.3 Å². The number of methoxy groups -OCH3 is 1. The predicted octanol–water partition coefficient (Wildman–Crippen LogP) is 4.52. The van der Waals surface area contributed by atoms with E-state index in [2.05, 4.69) is 0 Å². The standard InChI is InChI=1S/C20H18F6N2O4S/c1-32-15-4-6-16(7-5-15)33(30,31)28-8-2-3-17(28)18(29)27-14-10-12(19(21,22)23)9-13(11-14)20(24,25)26/h4-7,9-11,17H,2-3,8H2,1H3,(H,27,29)/t17-/m0/s1. The molecule has 33 heavy (non-hydrogen) atoms. The van der Waals surface area contributed by atoms with E-state index in [1.165, 1.54) is 31.4 Å². The van der Waals surface area contributed by atoms with E-state index < -0.39 is 51.1 Å². The minimum absolute atomic E-state index is 0.0388. The summed E-state index contributed by atoms with van der Waals surface area (Å²) in [6, 6.07) is 4.70. The number of anilines is 1. The Morgan fingerprint density at radius 1 is 1.00 bits per heavy atom. The lowest BCUT2D eigenvalue weighted by Crippen LogP contribution is -2.43. The van der Waals surface area contributed by atoms with Gasteiger partial charge in [-0.15, -0.1) is 0 Å². The summed E-state index contributed by atoms with van der Waals surface area (Å²) in [7, 11) is -2.76. The van der Waals surface area contributed by atoms with E-state index in [1.807, 2.05) is 5.32 Å². The van der Waals surface area contributed by atoms with Gasteiger partial charge in [0.15, 0.2) is 0 Å². The van der Waals surface area contributed by atoms with Crippen molar-refractivity contribution in [3.8, 4) is 5.75 Å². The molecule has 6 nitrogen and oxygen atoms in total. The second-order valence-corrected chi connectivity index (χ2v) is 9.12. The van der Waals surface area contributed by atoms with Crippen LogP contribution in [0.1, 0.15) is 24.0 Å². The molecule has 0 aromatic heterocycles. The quantitative estimate of drug-likeness (QED) is 0.618. The highest BCUT2D eigenvalue weighted by Gasteiger charge is 2.41. The lowest BCUT2D eigenvalue weighted by molar-refractivity contribution is -0.143. The van der Waals surface area contributed by atoms with Gasteiger partial charge in [0, 0.05) is 12.2 Å². The number of sulfonamides is 1. The second kappa shape index (κ2) is 8.86. The first-order valence-corrected chi connectivity index (χ1v) is 10.9. The van der Waals surface area contributed by atoms with Crippen molar-refractivity contribution >= 4 is 21.6 Å². The first-order valence-electron chi connectivity index (χ1n) is 9.50. The van der Waals surface area contributed by atoms with Crippen molar-refractivity contribution in [1.29, 1.82) is 0 Å². The number of nitrogens with one attached hydrogen (secondary N) is 1. The maximum absolute atomic E-state index is 13.1. The summed E-state index contributed by atoms with van der Waals surface area (Å²) in [6.45, 7) is -0.0388. The molecule has 1 N–H and O–H groups in total. The molecule has 1 heterocycles. The number of nitrogens with zero attached hydrogens (tertiary/aromatic N) is 1. The van der Waals surface area contributed by atoms with Crippen molar-refractivity contribution in [2.45, 2.75) is 36.1 Å². The van der Waals surface area contributed by atoms with E-state index in [9.17, 15) is 39.6 Å². The summed E-state index contributed by atoms with van der Waals surface area (Å²) in [5.41, 5.74) is -3.93. The molecule has 0 aliphatic carbocycles. The monoisotopic (exact) mass is 496 g/mol. The number of carbonyl (C=O) groups is 1. The molecule has 1 fully saturated rings. The zero-order valence-corrected chi connectivity index (χ0v) is 17.8. The van der Waals surface area contributed by atoms with E-state index >= 15 is 0 Å². The maximum Gasteiger partial charge on any atom is 0.416 e. The average molecular weight is 496 g/mol. The van der Waals surface area contributed by atoms with Crippen LogP contribution in [0.25, 0.3) is 0 Å². The van der Waals surface area contributed by atoms with Crippen LogP contribution in [0, 0.1) is 0 Å². The van der Waals surface area contributed by atoms with Crippen LogP contribution >= 0.6 is 0 Å². The van der Waals surface area contributed by atoms with Crippen LogP contribution in [0.3, 0.4) is 0 Å². The average Bonchev–Trinajstić information content (AvgIpc) is 3.23.